The van der Waals surface area contributed by atoms with Gasteiger partial charge in [-0.25, -0.2) is 0 Å². The van der Waals surface area contributed by atoms with E-state index in [0.29, 0.717) is 23.4 Å². The van der Waals surface area contributed by atoms with E-state index in [2.05, 4.69) is 25.7 Å². The molecule has 0 aromatic heterocycles. The molecule has 0 aromatic carbocycles. The van der Waals surface area contributed by atoms with Crippen LogP contribution < -0.4 is 5.73 Å². The molecule has 1 saturated heterocycles. The van der Waals surface area contributed by atoms with Crippen molar-refractivity contribution in [1.29, 1.82) is 0 Å². The molecular weight excluding hydrogens is 208 g/mol. The molecule has 2 nitrogen and oxygen atoms in total. The number of hydrogen-bond acceptors (Lipinski definition) is 2. The van der Waals surface area contributed by atoms with Gasteiger partial charge < -0.3 is 5.73 Å². The molecule has 17 heavy (non-hydrogen) atoms. The number of likely N-dealkylation sites (tertiary alicyclic amines) is 1. The summed E-state index contributed by atoms with van der Waals surface area (Å²) in [5.41, 5.74) is 6.81. The monoisotopic (exact) mass is 238 g/mol. The highest BCUT2D eigenvalue weighted by Gasteiger charge is 2.38. The Bertz CT molecular complexity index is 245. The van der Waals surface area contributed by atoms with Gasteiger partial charge in [-0.3, -0.25) is 4.90 Å². The van der Waals surface area contributed by atoms with Crippen molar-refractivity contribution < 1.29 is 0 Å². The first-order valence-corrected chi connectivity index (χ1v) is 7.57. The summed E-state index contributed by atoms with van der Waals surface area (Å²) in [6.07, 6.45) is 8.35. The fourth-order valence-electron chi connectivity index (χ4n) is 3.87. The van der Waals surface area contributed by atoms with Crippen molar-refractivity contribution in [2.45, 2.75) is 71.4 Å². The lowest BCUT2D eigenvalue weighted by atomic mass is 9.80. The molecule has 2 heteroatoms. The quantitative estimate of drug-likeness (QED) is 0.819. The molecule has 1 heterocycles. The zero-order valence-electron chi connectivity index (χ0n) is 11.9. The zero-order valence-corrected chi connectivity index (χ0v) is 11.9. The van der Waals surface area contributed by atoms with Gasteiger partial charge in [-0.15, -0.1) is 0 Å². The van der Waals surface area contributed by atoms with Crippen LogP contribution in [0.4, 0.5) is 0 Å². The van der Waals surface area contributed by atoms with Crippen molar-refractivity contribution in [1.82, 2.24) is 4.90 Å². The van der Waals surface area contributed by atoms with E-state index in [1.54, 1.807) is 0 Å². The molecule has 1 aliphatic heterocycles. The molecule has 2 rings (SSSR count). The second kappa shape index (κ2) is 5.27. The standard InChI is InChI=1S/C15H30N2/c1-4-15(8-5-6-9-15)11-17-10-7-14(16)12(2)13(17)3/h12-14H,4-11,16H2,1-3H3. The maximum atomic E-state index is 6.18. The van der Waals surface area contributed by atoms with Gasteiger partial charge >= 0.3 is 0 Å². The highest BCUT2D eigenvalue weighted by molar-refractivity contribution is 4.92. The van der Waals surface area contributed by atoms with Crippen LogP contribution in [0.25, 0.3) is 0 Å². The second-order valence-electron chi connectivity index (χ2n) is 6.58. The summed E-state index contributed by atoms with van der Waals surface area (Å²) in [4.78, 5) is 2.73. The Kier molecular flexibility index (Phi) is 4.14. The number of nitrogens with zero attached hydrogens (tertiary/aromatic N) is 1. The first-order valence-electron chi connectivity index (χ1n) is 7.57. The fraction of sp³-hybridized carbons (Fsp3) is 1.00. The van der Waals surface area contributed by atoms with Crippen LogP contribution in [0.2, 0.25) is 0 Å². The molecule has 0 spiro atoms. The highest BCUT2D eigenvalue weighted by atomic mass is 15.2. The molecule has 0 radical (unpaired) electrons. The second-order valence-corrected chi connectivity index (χ2v) is 6.58. The van der Waals surface area contributed by atoms with Crippen LogP contribution in [-0.2, 0) is 0 Å². The van der Waals surface area contributed by atoms with Crippen molar-refractivity contribution >= 4 is 0 Å². The Labute approximate surface area is 107 Å². The van der Waals surface area contributed by atoms with E-state index in [0.717, 1.165) is 0 Å². The number of nitrogens with two attached hydrogens (primary N) is 1. The van der Waals surface area contributed by atoms with Crippen LogP contribution in [0.5, 0.6) is 0 Å². The van der Waals surface area contributed by atoms with Crippen LogP contribution in [-0.4, -0.2) is 30.1 Å². The third-order valence-electron chi connectivity index (χ3n) is 5.71. The van der Waals surface area contributed by atoms with E-state index >= 15 is 0 Å². The van der Waals surface area contributed by atoms with Crippen molar-refractivity contribution in [3.8, 4) is 0 Å². The van der Waals surface area contributed by atoms with Gasteiger partial charge in [-0.05, 0) is 50.5 Å². The van der Waals surface area contributed by atoms with Gasteiger partial charge in [0.1, 0.15) is 0 Å². The first kappa shape index (κ1) is 13.4. The topological polar surface area (TPSA) is 29.3 Å². The largest absolute Gasteiger partial charge is 0.327 e. The van der Waals surface area contributed by atoms with Gasteiger partial charge in [0.05, 0.1) is 0 Å². The number of hydrogen-bond donors (Lipinski definition) is 1. The van der Waals surface area contributed by atoms with Gasteiger partial charge in [-0.2, -0.15) is 0 Å². The fourth-order valence-corrected chi connectivity index (χ4v) is 3.87. The molecule has 2 fully saturated rings. The summed E-state index contributed by atoms with van der Waals surface area (Å²) in [5, 5.41) is 0. The predicted molar refractivity (Wildman–Crippen MR) is 74.0 cm³/mol. The van der Waals surface area contributed by atoms with Crippen LogP contribution >= 0.6 is 0 Å². The van der Waals surface area contributed by atoms with Crippen molar-refractivity contribution in [2.75, 3.05) is 13.1 Å². The average molecular weight is 238 g/mol. The minimum absolute atomic E-state index is 0.419. The van der Waals surface area contributed by atoms with E-state index in [9.17, 15) is 0 Å². The molecule has 2 N–H and O–H groups in total. The minimum Gasteiger partial charge on any atom is -0.327 e. The van der Waals surface area contributed by atoms with Crippen LogP contribution in [0, 0.1) is 11.3 Å². The Morgan fingerprint density at radius 1 is 1.24 bits per heavy atom. The smallest absolute Gasteiger partial charge is 0.0108 e. The lowest BCUT2D eigenvalue weighted by molar-refractivity contribution is 0.0494. The van der Waals surface area contributed by atoms with Crippen molar-refractivity contribution in [3.05, 3.63) is 0 Å². The summed E-state index contributed by atoms with van der Waals surface area (Å²) in [7, 11) is 0. The van der Waals surface area contributed by atoms with E-state index < -0.39 is 0 Å². The molecule has 0 aromatic rings. The predicted octanol–water partition coefficient (Wildman–Crippen LogP) is 3.01. The van der Waals surface area contributed by atoms with Gasteiger partial charge in [0, 0.05) is 18.6 Å². The molecule has 0 bridgehead atoms. The third kappa shape index (κ3) is 2.68. The normalized spacial score (nSPS) is 38.5. The molecule has 1 saturated carbocycles. The number of piperidine rings is 1. The Morgan fingerprint density at radius 3 is 2.47 bits per heavy atom. The van der Waals surface area contributed by atoms with Crippen molar-refractivity contribution in [2.24, 2.45) is 17.1 Å². The summed E-state index contributed by atoms with van der Waals surface area (Å²) >= 11 is 0. The molecule has 3 atom stereocenters. The first-order chi connectivity index (χ1) is 8.08. The van der Waals surface area contributed by atoms with E-state index in [4.69, 9.17) is 5.73 Å². The molecule has 2 aliphatic rings. The van der Waals surface area contributed by atoms with Gasteiger partial charge in [0.25, 0.3) is 0 Å². The lowest BCUT2D eigenvalue weighted by Crippen LogP contribution is -2.54. The lowest BCUT2D eigenvalue weighted by Gasteiger charge is -2.45. The Morgan fingerprint density at radius 2 is 1.88 bits per heavy atom. The molecule has 3 unspecified atom stereocenters. The molecule has 1 aliphatic carbocycles. The summed E-state index contributed by atoms with van der Waals surface area (Å²) in [6, 6.07) is 1.09. The zero-order chi connectivity index (χ0) is 12.5. The van der Waals surface area contributed by atoms with Crippen molar-refractivity contribution in [3.63, 3.8) is 0 Å². The van der Waals surface area contributed by atoms with E-state index in [1.165, 1.54) is 51.6 Å². The van der Waals surface area contributed by atoms with E-state index in [1.807, 2.05) is 0 Å². The van der Waals surface area contributed by atoms with Crippen LogP contribution in [0.1, 0.15) is 59.3 Å². The summed E-state index contributed by atoms with van der Waals surface area (Å²) < 4.78 is 0. The molecular formula is C15H30N2. The SMILES string of the molecule is CCC1(CN2CCC(N)C(C)C2C)CCCC1. The van der Waals surface area contributed by atoms with Gasteiger partial charge in [0.15, 0.2) is 0 Å². The third-order valence-corrected chi connectivity index (χ3v) is 5.71. The highest BCUT2D eigenvalue weighted by Crippen LogP contribution is 2.42. The minimum atomic E-state index is 0.419. The van der Waals surface area contributed by atoms with Crippen LogP contribution in [0.15, 0.2) is 0 Å². The van der Waals surface area contributed by atoms with Crippen LogP contribution in [0.3, 0.4) is 0 Å². The summed E-state index contributed by atoms with van der Waals surface area (Å²) in [5.74, 6) is 0.652. The molecule has 100 valence electrons. The summed E-state index contributed by atoms with van der Waals surface area (Å²) in [6.45, 7) is 9.63. The number of rotatable bonds is 3. The van der Waals surface area contributed by atoms with E-state index in [-0.39, 0.29) is 0 Å². The Balaban J connectivity index is 1.98. The molecule has 0 amide bonds. The van der Waals surface area contributed by atoms with Gasteiger partial charge in [0.2, 0.25) is 0 Å². The maximum Gasteiger partial charge on any atom is 0.0108 e. The Hall–Kier alpha value is -0.0800. The average Bonchev–Trinajstić information content (AvgIpc) is 2.79. The maximum absolute atomic E-state index is 6.18. The van der Waals surface area contributed by atoms with Gasteiger partial charge in [-0.1, -0.05) is 26.7 Å².